The first-order valence-electron chi connectivity index (χ1n) is 9.11. The molecule has 2 aliphatic heterocycles. The van der Waals surface area contributed by atoms with Crippen LogP contribution in [0.4, 0.5) is 0 Å². The summed E-state index contributed by atoms with van der Waals surface area (Å²) in [5, 5.41) is 16.3. The number of furan rings is 1. The van der Waals surface area contributed by atoms with Gasteiger partial charge in [-0.05, 0) is 48.2 Å². The Morgan fingerprint density at radius 3 is 2.35 bits per heavy atom. The van der Waals surface area contributed by atoms with Crippen LogP contribution in [0, 0.1) is 5.41 Å². The summed E-state index contributed by atoms with van der Waals surface area (Å²) >= 11 is 13.7. The fraction of sp³-hybridized carbons (Fsp3) is 0. The zero-order valence-electron chi connectivity index (χ0n) is 15.7. The van der Waals surface area contributed by atoms with Crippen molar-refractivity contribution in [3.63, 3.8) is 0 Å². The van der Waals surface area contributed by atoms with Gasteiger partial charge < -0.3 is 4.42 Å². The molecule has 6 nitrogen and oxygen atoms in total. The zero-order chi connectivity index (χ0) is 21.5. The lowest BCUT2D eigenvalue weighted by atomic mass is 10.1. The van der Waals surface area contributed by atoms with E-state index in [9.17, 15) is 4.79 Å². The molecule has 3 aromatic rings. The van der Waals surface area contributed by atoms with Gasteiger partial charge in [0.15, 0.2) is 5.84 Å². The van der Waals surface area contributed by atoms with Crippen molar-refractivity contribution in [2.24, 2.45) is 10.1 Å². The normalized spacial score (nSPS) is 17.1. The molecule has 0 saturated carbocycles. The second kappa shape index (κ2) is 7.85. The fourth-order valence-corrected chi connectivity index (χ4v) is 4.55. The summed E-state index contributed by atoms with van der Waals surface area (Å²) in [7, 11) is 0. The van der Waals surface area contributed by atoms with Gasteiger partial charge in [-0.25, -0.2) is 0 Å². The van der Waals surface area contributed by atoms with Crippen LogP contribution in [0.25, 0.3) is 17.4 Å². The van der Waals surface area contributed by atoms with Gasteiger partial charge in [-0.1, -0.05) is 53.5 Å². The fourth-order valence-electron chi connectivity index (χ4n) is 3.11. The predicted molar refractivity (Wildman–Crippen MR) is 125 cm³/mol. The molecular formula is C22H12Cl2N4O2S. The Bertz CT molecular complexity index is 1340. The van der Waals surface area contributed by atoms with Crippen molar-refractivity contribution in [2.45, 2.75) is 0 Å². The van der Waals surface area contributed by atoms with Crippen molar-refractivity contribution < 1.29 is 9.21 Å². The van der Waals surface area contributed by atoms with E-state index in [0.29, 0.717) is 37.3 Å². The quantitative estimate of drug-likeness (QED) is 0.485. The summed E-state index contributed by atoms with van der Waals surface area (Å²) in [6.45, 7) is 0. The van der Waals surface area contributed by atoms with E-state index in [4.69, 9.17) is 33.0 Å². The number of hydrazone groups is 1. The maximum absolute atomic E-state index is 12.6. The molecule has 5 rings (SSSR count). The van der Waals surface area contributed by atoms with Crippen molar-refractivity contribution in [1.29, 1.82) is 5.41 Å². The minimum Gasteiger partial charge on any atom is -0.457 e. The van der Waals surface area contributed by atoms with Crippen LogP contribution >= 0.6 is 35.0 Å². The molecule has 9 heteroatoms. The van der Waals surface area contributed by atoms with Crippen molar-refractivity contribution in [3.05, 3.63) is 87.6 Å². The van der Waals surface area contributed by atoms with Crippen LogP contribution in [0.3, 0.4) is 0 Å². The number of amidine groups is 2. The maximum Gasteiger partial charge on any atom is 0.283 e. The Morgan fingerprint density at radius 1 is 0.968 bits per heavy atom. The number of nitrogens with zero attached hydrogens (tertiary/aromatic N) is 3. The highest BCUT2D eigenvalue weighted by Crippen LogP contribution is 2.34. The number of benzene rings is 2. The number of carbonyl (C=O) groups is 1. The summed E-state index contributed by atoms with van der Waals surface area (Å²) in [6, 6.07) is 18.0. The number of carbonyl (C=O) groups excluding carboxylic acids is 1. The Hall–Kier alpha value is -3.13. The first-order valence-corrected chi connectivity index (χ1v) is 10.7. The second-order valence-electron chi connectivity index (χ2n) is 6.59. The van der Waals surface area contributed by atoms with E-state index in [1.165, 1.54) is 22.8 Å². The lowest BCUT2D eigenvalue weighted by Gasteiger charge is -2.19. The van der Waals surface area contributed by atoms with Crippen molar-refractivity contribution in [1.82, 2.24) is 5.01 Å². The zero-order valence-corrected chi connectivity index (χ0v) is 18.0. The number of fused-ring (bicyclic) bond motifs is 1. The van der Waals surface area contributed by atoms with Gasteiger partial charge in [-0.3, -0.25) is 10.2 Å². The molecule has 1 N–H and O–H groups in total. The third-order valence-electron chi connectivity index (χ3n) is 4.61. The molecule has 0 aliphatic carbocycles. The number of hydrogen-bond donors (Lipinski definition) is 1. The number of halogens is 2. The predicted octanol–water partition coefficient (Wildman–Crippen LogP) is 5.92. The van der Waals surface area contributed by atoms with Gasteiger partial charge in [-0.2, -0.15) is 15.1 Å². The summed E-state index contributed by atoms with van der Waals surface area (Å²) in [5.41, 5.74) is 1.53. The van der Waals surface area contributed by atoms with Crippen molar-refractivity contribution >= 4 is 63.0 Å². The van der Waals surface area contributed by atoms with E-state index < -0.39 is 5.91 Å². The minimum atomic E-state index is -0.532. The summed E-state index contributed by atoms with van der Waals surface area (Å²) in [6.07, 6.45) is 1.49. The van der Waals surface area contributed by atoms with Gasteiger partial charge in [-0.15, -0.1) is 0 Å². The number of thioether (sulfide) groups is 1. The van der Waals surface area contributed by atoms with E-state index in [1.54, 1.807) is 24.3 Å². The summed E-state index contributed by atoms with van der Waals surface area (Å²) in [5.74, 6) is 0.353. The molecule has 0 atom stereocenters. The average Bonchev–Trinajstić information content (AvgIpc) is 3.39. The first kappa shape index (κ1) is 19.8. The Balaban J connectivity index is 1.47. The van der Waals surface area contributed by atoms with E-state index in [2.05, 4.69) is 10.1 Å². The van der Waals surface area contributed by atoms with Gasteiger partial charge in [0.1, 0.15) is 16.6 Å². The van der Waals surface area contributed by atoms with Gasteiger partial charge in [0.05, 0.1) is 15.6 Å². The van der Waals surface area contributed by atoms with E-state index in [1.807, 2.05) is 36.4 Å². The molecule has 152 valence electrons. The molecule has 0 radical (unpaired) electrons. The molecule has 3 heterocycles. The lowest BCUT2D eigenvalue weighted by molar-refractivity contribution is -0.114. The Labute approximate surface area is 191 Å². The Morgan fingerprint density at radius 2 is 1.65 bits per heavy atom. The van der Waals surface area contributed by atoms with Crippen molar-refractivity contribution in [2.75, 3.05) is 0 Å². The highest BCUT2D eigenvalue weighted by molar-refractivity contribution is 8.27. The first-order chi connectivity index (χ1) is 15.0. The molecule has 2 aromatic carbocycles. The van der Waals surface area contributed by atoms with Gasteiger partial charge in [0, 0.05) is 11.1 Å². The standard InChI is InChI=1S/C22H12Cl2N4O2S/c23-16-7-3-1-5-13(16)18-10-9-12(30-18)11-15-19(25)28-22(26-20(15)29)31-21(27-28)14-6-2-4-8-17(14)24/h1-11,25H/b15-11-,25-19?. The van der Waals surface area contributed by atoms with Gasteiger partial charge >= 0.3 is 0 Å². The number of nitrogens with one attached hydrogen (secondary N) is 1. The summed E-state index contributed by atoms with van der Waals surface area (Å²) < 4.78 is 5.83. The third kappa shape index (κ3) is 3.61. The largest absolute Gasteiger partial charge is 0.457 e. The molecule has 31 heavy (non-hydrogen) atoms. The number of aliphatic imine (C=N–C) groups is 1. The lowest BCUT2D eigenvalue weighted by Crippen LogP contribution is -2.35. The molecule has 1 amide bonds. The molecule has 2 aliphatic rings. The minimum absolute atomic E-state index is 0.0774. The molecule has 0 fully saturated rings. The monoisotopic (exact) mass is 466 g/mol. The van der Waals surface area contributed by atoms with E-state index >= 15 is 0 Å². The van der Waals surface area contributed by atoms with Crippen LogP contribution in [0.15, 0.2) is 80.7 Å². The number of amides is 1. The van der Waals surface area contributed by atoms with E-state index in [-0.39, 0.29) is 11.4 Å². The molecule has 0 saturated heterocycles. The number of rotatable bonds is 3. The number of hydrogen-bond acceptors (Lipinski definition) is 5. The smallest absolute Gasteiger partial charge is 0.283 e. The molecule has 0 unspecified atom stereocenters. The van der Waals surface area contributed by atoms with Crippen LogP contribution in [-0.2, 0) is 4.79 Å². The molecule has 0 bridgehead atoms. The Kier molecular flexibility index (Phi) is 5.02. The maximum atomic E-state index is 12.6. The third-order valence-corrected chi connectivity index (χ3v) is 6.21. The highest BCUT2D eigenvalue weighted by atomic mass is 35.5. The summed E-state index contributed by atoms with van der Waals surface area (Å²) in [4.78, 5) is 16.7. The topological polar surface area (TPSA) is 82.0 Å². The second-order valence-corrected chi connectivity index (χ2v) is 8.36. The van der Waals surface area contributed by atoms with Gasteiger partial charge in [0.25, 0.3) is 5.91 Å². The van der Waals surface area contributed by atoms with Crippen LogP contribution in [0.5, 0.6) is 0 Å². The SMILES string of the molecule is N=C1/C(=C/c2ccc(-c3ccccc3Cl)o2)C(=O)N=C2SC(c3ccccc3Cl)=NN12. The average molecular weight is 467 g/mol. The highest BCUT2D eigenvalue weighted by Gasteiger charge is 2.36. The molecule has 1 aromatic heterocycles. The van der Waals surface area contributed by atoms with Crippen LogP contribution in [0.2, 0.25) is 10.0 Å². The van der Waals surface area contributed by atoms with Crippen LogP contribution < -0.4 is 0 Å². The molecular weight excluding hydrogens is 455 g/mol. The van der Waals surface area contributed by atoms with Gasteiger partial charge in [0.2, 0.25) is 5.17 Å². The van der Waals surface area contributed by atoms with Crippen LogP contribution in [-0.4, -0.2) is 27.0 Å². The van der Waals surface area contributed by atoms with Crippen LogP contribution in [0.1, 0.15) is 11.3 Å². The van der Waals surface area contributed by atoms with E-state index in [0.717, 1.165) is 5.56 Å². The molecule has 0 spiro atoms. The van der Waals surface area contributed by atoms with Crippen molar-refractivity contribution in [3.8, 4) is 11.3 Å².